The predicted molar refractivity (Wildman–Crippen MR) is 91.0 cm³/mol. The van der Waals surface area contributed by atoms with Crippen molar-refractivity contribution < 1.29 is 4.74 Å². The molecule has 0 aliphatic heterocycles. The zero-order valence-corrected chi connectivity index (χ0v) is 14.1. The van der Waals surface area contributed by atoms with Gasteiger partial charge in [-0.2, -0.15) is 0 Å². The van der Waals surface area contributed by atoms with Gasteiger partial charge in [-0.05, 0) is 51.0 Å². The molecule has 2 aromatic heterocycles. The van der Waals surface area contributed by atoms with Gasteiger partial charge >= 0.3 is 0 Å². The second kappa shape index (κ2) is 5.78. The lowest BCUT2D eigenvalue weighted by atomic mass is 9.97. The Labute approximate surface area is 135 Å². The average molecular weight is 317 g/mol. The van der Waals surface area contributed by atoms with Gasteiger partial charge in [0.2, 0.25) is 0 Å². The van der Waals surface area contributed by atoms with E-state index in [2.05, 4.69) is 12.2 Å². The number of methoxy groups -OCH3 is 1. The Hall–Kier alpha value is -1.20. The standard InChI is InChI=1S/C17H23N3OS/c1-10(9-21-2)18-16-14-12-5-3-4-6-13(12)22-17(14)20-15(19-16)11-7-8-11/h10-11H,3-9H2,1-2H3,(H,18,19,20). The van der Waals surface area contributed by atoms with E-state index in [4.69, 9.17) is 14.7 Å². The van der Waals surface area contributed by atoms with Crippen molar-refractivity contribution in [2.75, 3.05) is 19.0 Å². The van der Waals surface area contributed by atoms with Gasteiger partial charge in [-0.1, -0.05) is 0 Å². The first kappa shape index (κ1) is 14.4. The maximum Gasteiger partial charge on any atom is 0.139 e. The molecule has 0 saturated heterocycles. The van der Waals surface area contributed by atoms with Crippen LogP contribution in [0.15, 0.2) is 0 Å². The van der Waals surface area contributed by atoms with Crippen LogP contribution in [0.2, 0.25) is 0 Å². The molecule has 1 atom stereocenters. The maximum atomic E-state index is 5.27. The van der Waals surface area contributed by atoms with Crippen molar-refractivity contribution in [3.63, 3.8) is 0 Å². The Morgan fingerprint density at radius 2 is 2.09 bits per heavy atom. The lowest BCUT2D eigenvalue weighted by molar-refractivity contribution is 0.190. The van der Waals surface area contributed by atoms with Crippen molar-refractivity contribution in [3.8, 4) is 0 Å². The number of anilines is 1. The highest BCUT2D eigenvalue weighted by molar-refractivity contribution is 7.19. The minimum atomic E-state index is 0.259. The van der Waals surface area contributed by atoms with Gasteiger partial charge in [-0.3, -0.25) is 0 Å². The van der Waals surface area contributed by atoms with Gasteiger partial charge in [0.25, 0.3) is 0 Å². The molecule has 0 spiro atoms. The van der Waals surface area contributed by atoms with Crippen LogP contribution in [0, 0.1) is 0 Å². The van der Waals surface area contributed by atoms with Crippen molar-refractivity contribution in [1.29, 1.82) is 0 Å². The third kappa shape index (κ3) is 2.61. The molecule has 118 valence electrons. The summed E-state index contributed by atoms with van der Waals surface area (Å²) in [4.78, 5) is 12.5. The Bertz CT molecular complexity index is 693. The average Bonchev–Trinajstić information content (AvgIpc) is 3.28. The fourth-order valence-electron chi connectivity index (χ4n) is 3.33. The molecule has 0 aromatic carbocycles. The van der Waals surface area contributed by atoms with Crippen LogP contribution in [0.25, 0.3) is 10.2 Å². The van der Waals surface area contributed by atoms with E-state index in [-0.39, 0.29) is 6.04 Å². The minimum absolute atomic E-state index is 0.259. The van der Waals surface area contributed by atoms with Crippen LogP contribution in [0.4, 0.5) is 5.82 Å². The van der Waals surface area contributed by atoms with Crippen LogP contribution in [-0.2, 0) is 17.6 Å². The molecule has 2 heterocycles. The van der Waals surface area contributed by atoms with Crippen LogP contribution in [0.5, 0.6) is 0 Å². The summed E-state index contributed by atoms with van der Waals surface area (Å²) in [5.74, 6) is 2.66. The van der Waals surface area contributed by atoms with E-state index >= 15 is 0 Å². The number of aromatic nitrogens is 2. The molecule has 1 saturated carbocycles. The zero-order valence-electron chi connectivity index (χ0n) is 13.3. The lowest BCUT2D eigenvalue weighted by Crippen LogP contribution is -2.22. The molecule has 5 heteroatoms. The number of rotatable bonds is 5. The summed E-state index contributed by atoms with van der Waals surface area (Å²) in [7, 11) is 1.75. The third-order valence-corrected chi connectivity index (χ3v) is 5.76. The van der Waals surface area contributed by atoms with Gasteiger partial charge < -0.3 is 10.1 Å². The Kier molecular flexibility index (Phi) is 3.78. The van der Waals surface area contributed by atoms with Crippen molar-refractivity contribution in [2.24, 2.45) is 0 Å². The highest BCUT2D eigenvalue weighted by Crippen LogP contribution is 2.43. The monoisotopic (exact) mass is 317 g/mol. The molecule has 4 nitrogen and oxygen atoms in total. The first-order valence-corrected chi connectivity index (χ1v) is 9.15. The van der Waals surface area contributed by atoms with E-state index < -0.39 is 0 Å². The first-order chi connectivity index (χ1) is 10.8. The van der Waals surface area contributed by atoms with Crippen LogP contribution < -0.4 is 5.32 Å². The van der Waals surface area contributed by atoms with Crippen molar-refractivity contribution >= 4 is 27.4 Å². The fraction of sp³-hybridized carbons (Fsp3) is 0.647. The smallest absolute Gasteiger partial charge is 0.139 e. The summed E-state index contributed by atoms with van der Waals surface area (Å²) in [6, 6.07) is 0.259. The molecular weight excluding hydrogens is 294 g/mol. The second-order valence-electron chi connectivity index (χ2n) is 6.60. The molecule has 0 amide bonds. The first-order valence-electron chi connectivity index (χ1n) is 8.34. The molecule has 1 N–H and O–H groups in total. The van der Waals surface area contributed by atoms with E-state index in [0.717, 1.165) is 11.6 Å². The Morgan fingerprint density at radius 1 is 1.27 bits per heavy atom. The molecule has 2 aliphatic rings. The summed E-state index contributed by atoms with van der Waals surface area (Å²) in [5, 5.41) is 4.86. The summed E-state index contributed by atoms with van der Waals surface area (Å²) in [6.45, 7) is 2.84. The second-order valence-corrected chi connectivity index (χ2v) is 7.68. The minimum Gasteiger partial charge on any atom is -0.383 e. The fourth-order valence-corrected chi connectivity index (χ4v) is 4.60. The van der Waals surface area contributed by atoms with Gasteiger partial charge in [-0.25, -0.2) is 9.97 Å². The van der Waals surface area contributed by atoms with Gasteiger partial charge in [-0.15, -0.1) is 11.3 Å². The topological polar surface area (TPSA) is 47.0 Å². The van der Waals surface area contributed by atoms with Crippen molar-refractivity contribution in [2.45, 2.75) is 57.4 Å². The number of thiophene rings is 1. The SMILES string of the molecule is COCC(C)Nc1nc(C2CC2)nc2sc3c(c12)CCCC3. The molecule has 0 bridgehead atoms. The van der Waals surface area contributed by atoms with Crippen LogP contribution >= 0.6 is 11.3 Å². The number of nitrogens with zero attached hydrogens (tertiary/aromatic N) is 2. The lowest BCUT2D eigenvalue weighted by Gasteiger charge is -2.17. The highest BCUT2D eigenvalue weighted by atomic mass is 32.1. The van der Waals surface area contributed by atoms with Crippen LogP contribution in [0.1, 0.15) is 54.8 Å². The normalized spacial score (nSPS) is 19.2. The Balaban J connectivity index is 1.81. The molecule has 2 aromatic rings. The van der Waals surface area contributed by atoms with E-state index in [1.54, 1.807) is 7.11 Å². The summed E-state index contributed by atoms with van der Waals surface area (Å²) >= 11 is 1.89. The van der Waals surface area contributed by atoms with Gasteiger partial charge in [0.05, 0.1) is 12.0 Å². The van der Waals surface area contributed by atoms with Crippen molar-refractivity contribution in [1.82, 2.24) is 9.97 Å². The van der Waals surface area contributed by atoms with Gasteiger partial charge in [0.15, 0.2) is 0 Å². The number of fused-ring (bicyclic) bond motifs is 3. The molecule has 22 heavy (non-hydrogen) atoms. The van der Waals surface area contributed by atoms with E-state index in [9.17, 15) is 0 Å². The van der Waals surface area contributed by atoms with E-state index in [0.29, 0.717) is 12.5 Å². The zero-order chi connectivity index (χ0) is 15.1. The molecule has 1 fully saturated rings. The largest absolute Gasteiger partial charge is 0.383 e. The quantitative estimate of drug-likeness (QED) is 0.908. The van der Waals surface area contributed by atoms with E-state index in [1.165, 1.54) is 59.2 Å². The third-order valence-electron chi connectivity index (χ3n) is 4.57. The summed E-state index contributed by atoms with van der Waals surface area (Å²) in [6.07, 6.45) is 7.46. The molecule has 1 unspecified atom stereocenters. The van der Waals surface area contributed by atoms with Crippen LogP contribution in [-0.4, -0.2) is 29.7 Å². The Morgan fingerprint density at radius 3 is 2.86 bits per heavy atom. The molecule has 2 aliphatic carbocycles. The summed E-state index contributed by atoms with van der Waals surface area (Å²) < 4.78 is 5.27. The predicted octanol–water partition coefficient (Wildman–Crippen LogP) is 3.89. The molecule has 0 radical (unpaired) electrons. The maximum absolute atomic E-state index is 5.27. The number of hydrogen-bond acceptors (Lipinski definition) is 5. The number of aryl methyl sites for hydroxylation is 2. The van der Waals surface area contributed by atoms with Gasteiger partial charge in [0.1, 0.15) is 16.5 Å². The van der Waals surface area contributed by atoms with Gasteiger partial charge in [0, 0.05) is 23.9 Å². The number of hydrogen-bond donors (Lipinski definition) is 1. The van der Waals surface area contributed by atoms with Crippen LogP contribution in [0.3, 0.4) is 0 Å². The molecule has 4 rings (SSSR count). The summed E-state index contributed by atoms with van der Waals surface area (Å²) in [5.41, 5.74) is 1.50. The highest BCUT2D eigenvalue weighted by Gasteiger charge is 2.29. The number of nitrogens with one attached hydrogen (secondary N) is 1. The molecular formula is C17H23N3OS. The van der Waals surface area contributed by atoms with Crippen molar-refractivity contribution in [3.05, 3.63) is 16.3 Å². The van der Waals surface area contributed by atoms with E-state index in [1.807, 2.05) is 11.3 Å². The number of ether oxygens (including phenoxy) is 1.